The lowest BCUT2D eigenvalue weighted by Crippen LogP contribution is -2.31. The maximum Gasteiger partial charge on any atom is 0.399 e. The molecule has 0 amide bonds. The van der Waals surface area contributed by atoms with Crippen molar-refractivity contribution in [2.75, 3.05) is 6.61 Å². The van der Waals surface area contributed by atoms with Gasteiger partial charge in [0, 0.05) is 18.7 Å². The summed E-state index contributed by atoms with van der Waals surface area (Å²) >= 11 is 0. The number of ether oxygens (including phenoxy) is 1. The zero-order valence-electron chi connectivity index (χ0n) is 19.2. The summed E-state index contributed by atoms with van der Waals surface area (Å²) in [6.07, 6.45) is 0. The number of nitrogens with zero attached hydrogens (tertiary/aromatic N) is 1. The van der Waals surface area contributed by atoms with Crippen LogP contribution in [0.2, 0.25) is 0 Å². The number of halogens is 4. The summed E-state index contributed by atoms with van der Waals surface area (Å²) in [5.74, 6) is -5.77. The maximum absolute atomic E-state index is 15.1. The van der Waals surface area contributed by atoms with E-state index in [-0.39, 0.29) is 12.1 Å². The SMILES string of the molecule is O=C(O)COc1c(F)ccc(S(=O)(=O)N(Cc2ccccc2)Cc2ccc(C(F)(F)P(=O)(O)O)cc2)c1F. The summed E-state index contributed by atoms with van der Waals surface area (Å²) in [5.41, 5.74) is -4.94. The van der Waals surface area contributed by atoms with Gasteiger partial charge in [0.2, 0.25) is 10.0 Å². The average molecular weight is 577 g/mol. The van der Waals surface area contributed by atoms with Gasteiger partial charge in [-0.2, -0.15) is 13.1 Å². The molecular weight excluding hydrogens is 557 g/mol. The molecule has 0 aliphatic carbocycles. The summed E-state index contributed by atoms with van der Waals surface area (Å²) < 4.78 is 101. The molecule has 0 aliphatic heterocycles. The van der Waals surface area contributed by atoms with Gasteiger partial charge in [-0.25, -0.2) is 22.0 Å². The van der Waals surface area contributed by atoms with Crippen molar-refractivity contribution in [2.24, 2.45) is 0 Å². The number of carboxylic acids is 1. The number of rotatable bonds is 11. The van der Waals surface area contributed by atoms with Crippen LogP contribution < -0.4 is 4.74 Å². The fourth-order valence-corrected chi connectivity index (χ4v) is 5.28. The summed E-state index contributed by atoms with van der Waals surface area (Å²) in [6, 6.07) is 12.7. The third kappa shape index (κ3) is 6.40. The Bertz CT molecular complexity index is 1460. The standard InChI is InChI=1S/C23H20F4NO8PS/c24-18-10-11-19(21(25)22(18)36-14-20(29)30)38(34,35)28(12-15-4-2-1-3-5-15)13-16-6-8-17(9-7-16)23(26,27)37(31,32)33/h1-11H,12-14H2,(H,29,30)(H2,31,32,33). The topological polar surface area (TPSA) is 141 Å². The highest BCUT2D eigenvalue weighted by Gasteiger charge is 2.50. The Hall–Kier alpha value is -3.29. The Labute approximate surface area is 214 Å². The largest absolute Gasteiger partial charge is 0.479 e. The van der Waals surface area contributed by atoms with Gasteiger partial charge in [-0.3, -0.25) is 4.57 Å². The predicted molar refractivity (Wildman–Crippen MR) is 125 cm³/mol. The Morgan fingerprint density at radius 2 is 1.47 bits per heavy atom. The van der Waals surface area contributed by atoms with Crippen LogP contribution in [0.4, 0.5) is 17.6 Å². The van der Waals surface area contributed by atoms with Crippen LogP contribution in [0.15, 0.2) is 71.6 Å². The molecule has 0 aliphatic rings. The molecule has 15 heteroatoms. The zero-order valence-corrected chi connectivity index (χ0v) is 20.9. The summed E-state index contributed by atoms with van der Waals surface area (Å²) in [7, 11) is -10.6. The molecule has 3 rings (SSSR count). The van der Waals surface area contributed by atoms with Crippen molar-refractivity contribution in [1.29, 1.82) is 0 Å². The van der Waals surface area contributed by atoms with E-state index in [9.17, 15) is 30.9 Å². The van der Waals surface area contributed by atoms with Gasteiger partial charge in [0.25, 0.3) is 0 Å². The lowest BCUT2D eigenvalue weighted by atomic mass is 10.1. The van der Waals surface area contributed by atoms with E-state index >= 15 is 4.39 Å². The maximum atomic E-state index is 15.1. The molecule has 0 radical (unpaired) electrons. The van der Waals surface area contributed by atoms with Crippen LogP contribution in [0.3, 0.4) is 0 Å². The zero-order chi connectivity index (χ0) is 28.3. The second-order valence-electron chi connectivity index (χ2n) is 7.91. The summed E-state index contributed by atoms with van der Waals surface area (Å²) in [6.45, 7) is -2.00. The van der Waals surface area contributed by atoms with Crippen LogP contribution in [-0.4, -0.2) is 40.2 Å². The molecule has 3 aromatic rings. The minimum absolute atomic E-state index is 0.0969. The molecule has 0 atom stereocenters. The molecule has 3 aromatic carbocycles. The minimum Gasteiger partial charge on any atom is -0.479 e. The van der Waals surface area contributed by atoms with Gasteiger partial charge in [0.05, 0.1) is 0 Å². The first-order chi connectivity index (χ1) is 17.6. The molecule has 0 bridgehead atoms. The van der Waals surface area contributed by atoms with Crippen molar-refractivity contribution in [3.05, 3.63) is 95.1 Å². The first kappa shape index (κ1) is 29.3. The number of hydrogen-bond donors (Lipinski definition) is 3. The number of benzene rings is 3. The highest BCUT2D eigenvalue weighted by atomic mass is 32.2. The van der Waals surface area contributed by atoms with E-state index in [1.165, 1.54) is 0 Å². The highest BCUT2D eigenvalue weighted by molar-refractivity contribution is 7.89. The van der Waals surface area contributed by atoms with E-state index in [0.717, 1.165) is 28.6 Å². The van der Waals surface area contributed by atoms with E-state index in [0.29, 0.717) is 17.7 Å². The Kier molecular flexibility index (Phi) is 8.64. The molecule has 0 unspecified atom stereocenters. The lowest BCUT2D eigenvalue weighted by molar-refractivity contribution is -0.139. The molecule has 3 N–H and O–H groups in total. The molecule has 0 saturated carbocycles. The van der Waals surface area contributed by atoms with E-state index in [4.69, 9.17) is 14.9 Å². The van der Waals surface area contributed by atoms with Gasteiger partial charge < -0.3 is 19.6 Å². The third-order valence-electron chi connectivity index (χ3n) is 5.20. The van der Waals surface area contributed by atoms with Crippen molar-refractivity contribution < 1.29 is 55.0 Å². The van der Waals surface area contributed by atoms with Crippen LogP contribution in [0.1, 0.15) is 16.7 Å². The Balaban J connectivity index is 2.03. The Morgan fingerprint density at radius 3 is 2.00 bits per heavy atom. The predicted octanol–water partition coefficient (Wildman–Crippen LogP) is 4.05. The second kappa shape index (κ2) is 11.2. The number of carbonyl (C=O) groups is 1. The number of carboxylic acid groups (broad SMARTS) is 1. The van der Waals surface area contributed by atoms with Crippen LogP contribution in [-0.2, 0) is 38.1 Å². The third-order valence-corrected chi connectivity index (χ3v) is 8.00. The van der Waals surface area contributed by atoms with Gasteiger partial charge in [-0.05, 0) is 23.3 Å². The molecule has 0 aromatic heterocycles. The Morgan fingerprint density at radius 1 is 0.921 bits per heavy atom. The van der Waals surface area contributed by atoms with Crippen LogP contribution >= 0.6 is 7.60 Å². The quantitative estimate of drug-likeness (QED) is 0.229. The molecule has 0 fully saturated rings. The van der Waals surface area contributed by atoms with E-state index in [1.807, 2.05) is 0 Å². The monoisotopic (exact) mass is 577 g/mol. The number of sulfonamides is 1. The first-order valence-electron chi connectivity index (χ1n) is 10.5. The number of aliphatic carboxylic acids is 1. The van der Waals surface area contributed by atoms with Crippen LogP contribution in [0, 0.1) is 11.6 Å². The van der Waals surface area contributed by atoms with E-state index < -0.39 is 70.2 Å². The fourth-order valence-electron chi connectivity index (χ4n) is 3.31. The average Bonchev–Trinajstić information content (AvgIpc) is 2.83. The molecule has 0 heterocycles. The van der Waals surface area contributed by atoms with Crippen LogP contribution in [0.5, 0.6) is 5.75 Å². The van der Waals surface area contributed by atoms with Crippen molar-refractivity contribution in [3.63, 3.8) is 0 Å². The normalized spacial score (nSPS) is 12.5. The molecule has 0 saturated heterocycles. The highest BCUT2D eigenvalue weighted by Crippen LogP contribution is 2.59. The van der Waals surface area contributed by atoms with Gasteiger partial charge in [-0.1, -0.05) is 54.6 Å². The van der Waals surface area contributed by atoms with E-state index in [2.05, 4.69) is 4.74 Å². The van der Waals surface area contributed by atoms with E-state index in [1.54, 1.807) is 30.3 Å². The van der Waals surface area contributed by atoms with Crippen molar-refractivity contribution in [1.82, 2.24) is 4.31 Å². The molecular formula is C23H20F4NO8PS. The van der Waals surface area contributed by atoms with Crippen molar-refractivity contribution in [3.8, 4) is 5.75 Å². The van der Waals surface area contributed by atoms with Gasteiger partial charge >= 0.3 is 19.2 Å². The summed E-state index contributed by atoms with van der Waals surface area (Å²) in [4.78, 5) is 27.5. The second-order valence-corrected chi connectivity index (χ2v) is 11.5. The van der Waals surface area contributed by atoms with Gasteiger partial charge in [0.1, 0.15) is 4.90 Å². The van der Waals surface area contributed by atoms with Gasteiger partial charge in [-0.15, -0.1) is 0 Å². The fraction of sp³-hybridized carbons (Fsp3) is 0.174. The van der Waals surface area contributed by atoms with Crippen molar-refractivity contribution in [2.45, 2.75) is 23.6 Å². The molecule has 9 nitrogen and oxygen atoms in total. The van der Waals surface area contributed by atoms with Gasteiger partial charge in [0.15, 0.2) is 24.0 Å². The smallest absolute Gasteiger partial charge is 0.399 e. The number of alkyl halides is 2. The van der Waals surface area contributed by atoms with Crippen molar-refractivity contribution >= 4 is 23.6 Å². The number of hydrogen-bond acceptors (Lipinski definition) is 5. The lowest BCUT2D eigenvalue weighted by Gasteiger charge is -2.24. The first-order valence-corrected chi connectivity index (χ1v) is 13.6. The van der Waals surface area contributed by atoms with Crippen LogP contribution in [0.25, 0.3) is 0 Å². The molecule has 204 valence electrons. The molecule has 38 heavy (non-hydrogen) atoms. The summed E-state index contributed by atoms with van der Waals surface area (Å²) in [5, 5.41) is 8.73. The molecule has 0 spiro atoms. The minimum atomic E-state index is -5.83.